The maximum atomic E-state index is 13.2. The molecule has 3 rings (SSSR count). The van der Waals surface area contributed by atoms with Crippen molar-refractivity contribution in [3.05, 3.63) is 59.4 Å². The van der Waals surface area contributed by atoms with Crippen molar-refractivity contribution in [1.29, 1.82) is 0 Å². The molecule has 0 bridgehead atoms. The summed E-state index contributed by atoms with van der Waals surface area (Å²) in [5.41, 5.74) is 3.03. The Balaban J connectivity index is 1.85. The molecule has 1 fully saturated rings. The van der Waals surface area contributed by atoms with Crippen LogP contribution in [0.5, 0.6) is 0 Å². The van der Waals surface area contributed by atoms with Gasteiger partial charge in [0.2, 0.25) is 5.91 Å². The molecule has 2 amide bonds. The summed E-state index contributed by atoms with van der Waals surface area (Å²) in [5, 5.41) is 2.94. The second kappa shape index (κ2) is 5.83. The number of imide groups is 1. The number of hydrogen-bond donors (Lipinski definition) is 1. The van der Waals surface area contributed by atoms with E-state index in [4.69, 9.17) is 0 Å². The number of nitrogens with one attached hydrogen (secondary N) is 1. The molecule has 0 aromatic heterocycles. The number of carbonyl (C=O) groups excluding carboxylic acids is 2. The van der Waals surface area contributed by atoms with Crippen LogP contribution in [0.2, 0.25) is 0 Å². The SMILES string of the molecule is Cc1ccc(N2C(=O)C[C@H](Nc3cccc(F)c3)C2=O)c(C)c1. The Bertz CT molecular complexity index is 788. The molecular formula is C18H17FN2O2. The largest absolute Gasteiger partial charge is 0.373 e. The molecule has 1 saturated heterocycles. The van der Waals surface area contributed by atoms with Crippen molar-refractivity contribution in [1.82, 2.24) is 0 Å². The van der Waals surface area contributed by atoms with E-state index in [1.54, 1.807) is 18.2 Å². The second-order valence-corrected chi connectivity index (χ2v) is 5.77. The van der Waals surface area contributed by atoms with E-state index in [-0.39, 0.29) is 18.2 Å². The second-order valence-electron chi connectivity index (χ2n) is 5.77. The topological polar surface area (TPSA) is 49.4 Å². The molecule has 2 aromatic rings. The first-order valence-electron chi connectivity index (χ1n) is 7.42. The van der Waals surface area contributed by atoms with Gasteiger partial charge in [0.1, 0.15) is 11.9 Å². The molecule has 1 aliphatic heterocycles. The van der Waals surface area contributed by atoms with Crippen molar-refractivity contribution >= 4 is 23.2 Å². The molecule has 1 atom stereocenters. The third-order valence-corrected chi connectivity index (χ3v) is 3.91. The van der Waals surface area contributed by atoms with E-state index in [9.17, 15) is 14.0 Å². The van der Waals surface area contributed by atoms with Crippen LogP contribution in [0.15, 0.2) is 42.5 Å². The van der Waals surface area contributed by atoms with Crippen molar-refractivity contribution in [3.8, 4) is 0 Å². The predicted molar refractivity (Wildman–Crippen MR) is 86.8 cm³/mol. The molecule has 118 valence electrons. The molecule has 2 aromatic carbocycles. The molecule has 23 heavy (non-hydrogen) atoms. The predicted octanol–water partition coefficient (Wildman–Crippen LogP) is 3.19. The summed E-state index contributed by atoms with van der Waals surface area (Å²) in [6.45, 7) is 3.83. The quantitative estimate of drug-likeness (QED) is 0.886. The Hall–Kier alpha value is -2.69. The summed E-state index contributed by atoms with van der Waals surface area (Å²) < 4.78 is 13.2. The molecule has 1 N–H and O–H groups in total. The fourth-order valence-corrected chi connectivity index (χ4v) is 2.83. The summed E-state index contributed by atoms with van der Waals surface area (Å²) in [6, 6.07) is 10.8. The van der Waals surface area contributed by atoms with Crippen LogP contribution in [0.25, 0.3) is 0 Å². The van der Waals surface area contributed by atoms with Crippen LogP contribution in [-0.2, 0) is 9.59 Å². The fraction of sp³-hybridized carbons (Fsp3) is 0.222. The lowest BCUT2D eigenvalue weighted by Crippen LogP contribution is -2.35. The Morgan fingerprint density at radius 3 is 2.61 bits per heavy atom. The van der Waals surface area contributed by atoms with Gasteiger partial charge in [0.15, 0.2) is 0 Å². The molecule has 0 spiro atoms. The molecule has 5 heteroatoms. The molecule has 1 heterocycles. The minimum Gasteiger partial charge on any atom is -0.373 e. The first-order valence-corrected chi connectivity index (χ1v) is 7.42. The van der Waals surface area contributed by atoms with E-state index in [0.29, 0.717) is 11.4 Å². The molecule has 0 aliphatic carbocycles. The number of anilines is 2. The lowest BCUT2D eigenvalue weighted by molar-refractivity contribution is -0.121. The highest BCUT2D eigenvalue weighted by Gasteiger charge is 2.40. The summed E-state index contributed by atoms with van der Waals surface area (Å²) in [7, 11) is 0. The van der Waals surface area contributed by atoms with Gasteiger partial charge in [0.05, 0.1) is 12.1 Å². The third kappa shape index (κ3) is 2.95. The van der Waals surface area contributed by atoms with Crippen molar-refractivity contribution in [3.63, 3.8) is 0 Å². The van der Waals surface area contributed by atoms with E-state index in [0.717, 1.165) is 11.1 Å². The molecular weight excluding hydrogens is 295 g/mol. The minimum atomic E-state index is -0.676. The van der Waals surface area contributed by atoms with E-state index >= 15 is 0 Å². The van der Waals surface area contributed by atoms with Gasteiger partial charge in [-0.15, -0.1) is 0 Å². The van der Waals surface area contributed by atoms with Gasteiger partial charge in [-0.25, -0.2) is 9.29 Å². The van der Waals surface area contributed by atoms with E-state index < -0.39 is 11.9 Å². The molecule has 0 unspecified atom stereocenters. The Morgan fingerprint density at radius 1 is 1.13 bits per heavy atom. The average Bonchev–Trinajstić information content (AvgIpc) is 2.74. The van der Waals surface area contributed by atoms with Crippen molar-refractivity contribution in [2.75, 3.05) is 10.2 Å². The smallest absolute Gasteiger partial charge is 0.256 e. The summed E-state index contributed by atoms with van der Waals surface area (Å²) >= 11 is 0. The lowest BCUT2D eigenvalue weighted by Gasteiger charge is -2.18. The zero-order valence-electron chi connectivity index (χ0n) is 13.0. The summed E-state index contributed by atoms with van der Waals surface area (Å²) in [6.07, 6.45) is 0.0582. The van der Waals surface area contributed by atoms with Gasteiger partial charge >= 0.3 is 0 Å². The normalized spacial score (nSPS) is 17.7. The van der Waals surface area contributed by atoms with Gasteiger partial charge in [-0.2, -0.15) is 0 Å². The Morgan fingerprint density at radius 2 is 1.91 bits per heavy atom. The van der Waals surface area contributed by atoms with Crippen molar-refractivity contribution in [2.24, 2.45) is 0 Å². The van der Waals surface area contributed by atoms with Gasteiger partial charge in [-0.05, 0) is 43.7 Å². The number of rotatable bonds is 3. The van der Waals surface area contributed by atoms with Crippen LogP contribution in [-0.4, -0.2) is 17.9 Å². The number of carbonyl (C=O) groups is 2. The van der Waals surface area contributed by atoms with E-state index in [1.807, 2.05) is 26.0 Å². The van der Waals surface area contributed by atoms with Crippen LogP contribution in [0.4, 0.5) is 15.8 Å². The highest BCUT2D eigenvalue weighted by atomic mass is 19.1. The van der Waals surface area contributed by atoms with Gasteiger partial charge in [-0.3, -0.25) is 9.59 Å². The molecule has 4 nitrogen and oxygen atoms in total. The molecule has 0 radical (unpaired) electrons. The zero-order valence-corrected chi connectivity index (χ0v) is 13.0. The summed E-state index contributed by atoms with van der Waals surface area (Å²) in [4.78, 5) is 26.1. The minimum absolute atomic E-state index is 0.0582. The van der Waals surface area contributed by atoms with E-state index in [2.05, 4.69) is 5.32 Å². The highest BCUT2D eigenvalue weighted by Crippen LogP contribution is 2.28. The standard InChI is InChI=1S/C18H17FN2O2/c1-11-6-7-16(12(2)8-11)21-17(22)10-15(18(21)23)20-14-5-3-4-13(19)9-14/h3-9,15,20H,10H2,1-2H3/t15-/m0/s1. The van der Waals surface area contributed by atoms with Crippen LogP contribution in [0, 0.1) is 19.7 Å². The van der Waals surface area contributed by atoms with Crippen LogP contribution >= 0.6 is 0 Å². The van der Waals surface area contributed by atoms with E-state index in [1.165, 1.54) is 17.0 Å². The van der Waals surface area contributed by atoms with Gasteiger partial charge < -0.3 is 5.32 Å². The first kappa shape index (κ1) is 15.2. The third-order valence-electron chi connectivity index (χ3n) is 3.91. The summed E-state index contributed by atoms with van der Waals surface area (Å²) in [5.74, 6) is -0.958. The molecule has 0 saturated carbocycles. The van der Waals surface area contributed by atoms with Crippen LogP contribution in [0.3, 0.4) is 0 Å². The maximum absolute atomic E-state index is 13.2. The number of halogens is 1. The Labute approximate surface area is 133 Å². The number of aryl methyl sites for hydroxylation is 2. The molecule has 1 aliphatic rings. The first-order chi connectivity index (χ1) is 11.0. The monoisotopic (exact) mass is 312 g/mol. The van der Waals surface area contributed by atoms with Crippen LogP contribution < -0.4 is 10.2 Å². The lowest BCUT2D eigenvalue weighted by atomic mass is 10.1. The van der Waals surface area contributed by atoms with Gasteiger partial charge in [0, 0.05) is 5.69 Å². The Kier molecular flexibility index (Phi) is 3.86. The number of hydrogen-bond acceptors (Lipinski definition) is 3. The van der Waals surface area contributed by atoms with Crippen molar-refractivity contribution in [2.45, 2.75) is 26.3 Å². The highest BCUT2D eigenvalue weighted by molar-refractivity contribution is 6.23. The van der Waals surface area contributed by atoms with Crippen molar-refractivity contribution < 1.29 is 14.0 Å². The number of benzene rings is 2. The zero-order chi connectivity index (χ0) is 16.6. The number of amides is 2. The fourth-order valence-electron chi connectivity index (χ4n) is 2.83. The number of nitrogens with zero attached hydrogens (tertiary/aromatic N) is 1. The average molecular weight is 312 g/mol. The van der Waals surface area contributed by atoms with Crippen LogP contribution in [0.1, 0.15) is 17.5 Å². The van der Waals surface area contributed by atoms with Gasteiger partial charge in [0.25, 0.3) is 5.91 Å². The van der Waals surface area contributed by atoms with Gasteiger partial charge in [-0.1, -0.05) is 23.8 Å². The maximum Gasteiger partial charge on any atom is 0.256 e.